The fraction of sp³-hybridized carbons (Fsp3) is 0.188. The number of nitrogen functional groups attached to an aromatic ring is 1. The molecule has 110 valence electrons. The quantitative estimate of drug-likeness (QED) is 0.634. The Labute approximate surface area is 122 Å². The van der Waals surface area contributed by atoms with Gasteiger partial charge in [0.25, 0.3) is 0 Å². The molecule has 0 aliphatic carbocycles. The molecule has 0 aliphatic heterocycles. The predicted octanol–water partition coefficient (Wildman–Crippen LogP) is 2.61. The van der Waals surface area contributed by atoms with Crippen LogP contribution in [0.15, 0.2) is 48.5 Å². The molecule has 2 aromatic rings. The second kappa shape index (κ2) is 7.40. The van der Waals surface area contributed by atoms with E-state index in [1.54, 1.807) is 0 Å². The van der Waals surface area contributed by atoms with Gasteiger partial charge in [0.1, 0.15) is 12.4 Å². The van der Waals surface area contributed by atoms with Gasteiger partial charge in [-0.15, -0.1) is 0 Å². The van der Waals surface area contributed by atoms with E-state index in [4.69, 9.17) is 10.5 Å². The summed E-state index contributed by atoms with van der Waals surface area (Å²) in [5, 5.41) is 2.43. The number of rotatable bonds is 6. The van der Waals surface area contributed by atoms with Gasteiger partial charge in [0.15, 0.2) is 0 Å². The van der Waals surface area contributed by atoms with E-state index in [9.17, 15) is 9.18 Å². The van der Waals surface area contributed by atoms with Crippen LogP contribution in [0.3, 0.4) is 0 Å². The minimum absolute atomic E-state index is 0.0617. The second-order valence-corrected chi connectivity index (χ2v) is 4.58. The lowest BCUT2D eigenvalue weighted by atomic mass is 10.2. The molecule has 1 amide bonds. The zero-order chi connectivity index (χ0) is 15.1. The lowest BCUT2D eigenvalue weighted by Gasteiger charge is -2.08. The van der Waals surface area contributed by atoms with E-state index < -0.39 is 11.7 Å². The first-order valence-electron chi connectivity index (χ1n) is 6.61. The summed E-state index contributed by atoms with van der Waals surface area (Å²) in [7, 11) is 0. The van der Waals surface area contributed by atoms with Gasteiger partial charge in [-0.1, -0.05) is 30.3 Å². The van der Waals surface area contributed by atoms with Gasteiger partial charge in [0.05, 0.1) is 12.3 Å². The third-order valence-electron chi connectivity index (χ3n) is 2.88. The van der Waals surface area contributed by atoms with Crippen molar-refractivity contribution in [1.29, 1.82) is 0 Å². The van der Waals surface area contributed by atoms with E-state index in [0.717, 1.165) is 12.0 Å². The fourth-order valence-corrected chi connectivity index (χ4v) is 1.82. The molecule has 0 saturated heterocycles. The maximum Gasteiger partial charge on any atom is 0.250 e. The Balaban J connectivity index is 1.74. The van der Waals surface area contributed by atoms with Crippen molar-refractivity contribution >= 4 is 17.3 Å². The van der Waals surface area contributed by atoms with Crippen molar-refractivity contribution in [2.24, 2.45) is 0 Å². The van der Waals surface area contributed by atoms with E-state index >= 15 is 0 Å². The topological polar surface area (TPSA) is 64.3 Å². The highest BCUT2D eigenvalue weighted by Crippen LogP contribution is 2.17. The zero-order valence-corrected chi connectivity index (χ0v) is 11.5. The van der Waals surface area contributed by atoms with Crippen LogP contribution < -0.4 is 11.1 Å². The molecule has 0 atom stereocenters. The maximum absolute atomic E-state index is 13.4. The van der Waals surface area contributed by atoms with Crippen LogP contribution in [0.2, 0.25) is 0 Å². The van der Waals surface area contributed by atoms with Crippen molar-refractivity contribution in [3.63, 3.8) is 0 Å². The Morgan fingerprint density at radius 1 is 1.19 bits per heavy atom. The molecule has 0 bridgehead atoms. The number of carbonyl (C=O) groups excluding carboxylic acids is 1. The first-order valence-corrected chi connectivity index (χ1v) is 6.61. The Morgan fingerprint density at radius 2 is 1.95 bits per heavy atom. The van der Waals surface area contributed by atoms with Crippen LogP contribution in [0.25, 0.3) is 0 Å². The average Bonchev–Trinajstić information content (AvgIpc) is 2.48. The molecular weight excluding hydrogens is 271 g/mol. The SMILES string of the molecule is Nc1ccc(F)c(NC(=O)COCCc2ccccc2)c1. The minimum Gasteiger partial charge on any atom is -0.399 e. The van der Waals surface area contributed by atoms with E-state index in [-0.39, 0.29) is 12.3 Å². The molecule has 0 fully saturated rings. The van der Waals surface area contributed by atoms with Crippen LogP contribution in [0.4, 0.5) is 15.8 Å². The molecule has 21 heavy (non-hydrogen) atoms. The molecule has 0 heterocycles. The van der Waals surface area contributed by atoms with Crippen molar-refractivity contribution in [3.05, 3.63) is 59.9 Å². The summed E-state index contributed by atoms with van der Waals surface area (Å²) in [6.07, 6.45) is 0.723. The van der Waals surface area contributed by atoms with Crippen LogP contribution in [-0.2, 0) is 16.0 Å². The molecule has 0 aromatic heterocycles. The summed E-state index contributed by atoms with van der Waals surface area (Å²) in [6.45, 7) is 0.303. The van der Waals surface area contributed by atoms with Crippen molar-refractivity contribution < 1.29 is 13.9 Å². The molecule has 0 aliphatic rings. The monoisotopic (exact) mass is 288 g/mol. The maximum atomic E-state index is 13.4. The van der Waals surface area contributed by atoms with Crippen LogP contribution in [0.1, 0.15) is 5.56 Å². The van der Waals surface area contributed by atoms with Gasteiger partial charge in [-0.25, -0.2) is 4.39 Å². The number of ether oxygens (including phenoxy) is 1. The highest BCUT2D eigenvalue weighted by atomic mass is 19.1. The van der Waals surface area contributed by atoms with Crippen LogP contribution in [0, 0.1) is 5.82 Å². The number of halogens is 1. The van der Waals surface area contributed by atoms with E-state index in [1.165, 1.54) is 18.2 Å². The third-order valence-corrected chi connectivity index (χ3v) is 2.88. The molecule has 2 aromatic carbocycles. The Morgan fingerprint density at radius 3 is 2.71 bits per heavy atom. The predicted molar refractivity (Wildman–Crippen MR) is 80.4 cm³/mol. The van der Waals surface area contributed by atoms with Gasteiger partial charge in [0.2, 0.25) is 5.91 Å². The lowest BCUT2D eigenvalue weighted by Crippen LogP contribution is -2.19. The summed E-state index contributed by atoms with van der Waals surface area (Å²) in [5.41, 5.74) is 7.13. The van der Waals surface area contributed by atoms with E-state index in [2.05, 4.69) is 5.32 Å². The average molecular weight is 288 g/mol. The van der Waals surface area contributed by atoms with Crippen molar-refractivity contribution in [2.45, 2.75) is 6.42 Å². The number of nitrogens with two attached hydrogens (primary N) is 1. The van der Waals surface area contributed by atoms with Gasteiger partial charge in [-0.2, -0.15) is 0 Å². The Kier molecular flexibility index (Phi) is 5.29. The molecule has 3 N–H and O–H groups in total. The van der Waals surface area contributed by atoms with Crippen LogP contribution in [0.5, 0.6) is 0 Å². The number of amides is 1. The van der Waals surface area contributed by atoms with Gasteiger partial charge < -0.3 is 15.8 Å². The number of benzene rings is 2. The first-order chi connectivity index (χ1) is 10.1. The number of anilines is 2. The summed E-state index contributed by atoms with van der Waals surface area (Å²) >= 11 is 0. The molecular formula is C16H17FN2O2. The smallest absolute Gasteiger partial charge is 0.250 e. The number of carbonyl (C=O) groups is 1. The highest BCUT2D eigenvalue weighted by Gasteiger charge is 2.07. The summed E-state index contributed by atoms with van der Waals surface area (Å²) in [6, 6.07) is 13.8. The molecule has 2 rings (SSSR count). The highest BCUT2D eigenvalue weighted by molar-refractivity contribution is 5.92. The zero-order valence-electron chi connectivity index (χ0n) is 11.5. The molecule has 4 nitrogen and oxygen atoms in total. The Bertz CT molecular complexity index is 602. The molecule has 0 radical (unpaired) electrons. The molecule has 0 spiro atoms. The van der Waals surface area contributed by atoms with Crippen molar-refractivity contribution in [2.75, 3.05) is 24.3 Å². The molecule has 0 unspecified atom stereocenters. The van der Waals surface area contributed by atoms with Crippen molar-refractivity contribution in [3.8, 4) is 0 Å². The summed E-state index contributed by atoms with van der Waals surface area (Å²) in [5.74, 6) is -0.936. The van der Waals surface area contributed by atoms with Crippen molar-refractivity contribution in [1.82, 2.24) is 0 Å². The van der Waals surface area contributed by atoms with E-state index in [1.807, 2.05) is 30.3 Å². The largest absolute Gasteiger partial charge is 0.399 e. The number of nitrogens with one attached hydrogen (secondary N) is 1. The van der Waals surface area contributed by atoms with Gasteiger partial charge in [-0.05, 0) is 30.2 Å². The first kappa shape index (κ1) is 15.0. The van der Waals surface area contributed by atoms with Crippen LogP contribution in [-0.4, -0.2) is 19.1 Å². The summed E-state index contributed by atoms with van der Waals surface area (Å²) < 4.78 is 18.7. The third kappa shape index (κ3) is 4.89. The lowest BCUT2D eigenvalue weighted by molar-refractivity contribution is -0.120. The normalized spacial score (nSPS) is 10.3. The number of hydrogen-bond donors (Lipinski definition) is 2. The van der Waals surface area contributed by atoms with Gasteiger partial charge in [0, 0.05) is 5.69 Å². The van der Waals surface area contributed by atoms with Crippen LogP contribution >= 0.6 is 0 Å². The second-order valence-electron chi connectivity index (χ2n) is 4.58. The molecule has 0 saturated carbocycles. The Hall–Kier alpha value is -2.40. The number of hydrogen-bond acceptors (Lipinski definition) is 3. The molecule has 5 heteroatoms. The van der Waals surface area contributed by atoms with Gasteiger partial charge in [-0.3, -0.25) is 4.79 Å². The van der Waals surface area contributed by atoms with E-state index in [0.29, 0.717) is 12.3 Å². The summed E-state index contributed by atoms with van der Waals surface area (Å²) in [4.78, 5) is 11.6. The van der Waals surface area contributed by atoms with Gasteiger partial charge >= 0.3 is 0 Å². The minimum atomic E-state index is -0.526. The fourth-order valence-electron chi connectivity index (χ4n) is 1.82. The standard InChI is InChI=1S/C16H17FN2O2/c17-14-7-6-13(18)10-15(14)19-16(20)11-21-9-8-12-4-2-1-3-5-12/h1-7,10H,8-9,11,18H2,(H,19,20).